The second kappa shape index (κ2) is 6.97. The largest absolute Gasteiger partial charge is 0.507 e. The minimum atomic E-state index is -0.167. The Hall–Kier alpha value is -2.40. The SMILES string of the molecule is CC1(C)CCCc2nc(-c3ccccc3O)n(CCc3cccs3)c(=O)c21. The van der Waals surface area contributed by atoms with E-state index in [1.165, 1.54) is 4.88 Å². The number of hydrogen-bond acceptors (Lipinski definition) is 4. The molecule has 1 aliphatic rings. The number of para-hydroxylation sites is 1. The normalized spacial score (nSPS) is 15.5. The summed E-state index contributed by atoms with van der Waals surface area (Å²) in [6, 6.07) is 11.3. The second-order valence-corrected chi connectivity index (χ2v) is 8.83. The van der Waals surface area contributed by atoms with Crippen molar-refractivity contribution in [3.63, 3.8) is 0 Å². The third-order valence-electron chi connectivity index (χ3n) is 5.44. The smallest absolute Gasteiger partial charge is 0.257 e. The monoisotopic (exact) mass is 380 g/mol. The lowest BCUT2D eigenvalue weighted by Gasteiger charge is -2.32. The molecule has 0 atom stereocenters. The minimum Gasteiger partial charge on any atom is -0.507 e. The number of phenols is 1. The van der Waals surface area contributed by atoms with Crippen LogP contribution in [0.5, 0.6) is 5.75 Å². The number of aromatic hydroxyl groups is 1. The summed E-state index contributed by atoms with van der Waals surface area (Å²) < 4.78 is 1.76. The Kier molecular flexibility index (Phi) is 4.64. The summed E-state index contributed by atoms with van der Waals surface area (Å²) in [7, 11) is 0. The van der Waals surface area contributed by atoms with Gasteiger partial charge in [-0.15, -0.1) is 11.3 Å². The standard InChI is InChI=1S/C22H24N2O2S/c1-22(2)12-5-9-17-19(22)21(26)24(13-11-15-7-6-14-27-15)20(23-17)16-8-3-4-10-18(16)25/h3-4,6-8,10,14,25H,5,9,11-13H2,1-2H3. The number of thiophene rings is 1. The molecule has 0 fully saturated rings. The van der Waals surface area contributed by atoms with Crippen LogP contribution in [0.25, 0.3) is 11.4 Å². The van der Waals surface area contributed by atoms with Crippen LogP contribution in [-0.4, -0.2) is 14.7 Å². The first-order valence-electron chi connectivity index (χ1n) is 9.42. The van der Waals surface area contributed by atoms with E-state index >= 15 is 0 Å². The van der Waals surface area contributed by atoms with Crippen LogP contribution in [-0.2, 0) is 24.8 Å². The van der Waals surface area contributed by atoms with Crippen LogP contribution in [0.15, 0.2) is 46.6 Å². The molecular formula is C22H24N2O2S. The molecule has 140 valence electrons. The fourth-order valence-electron chi connectivity index (χ4n) is 4.04. The predicted molar refractivity (Wildman–Crippen MR) is 110 cm³/mol. The lowest BCUT2D eigenvalue weighted by atomic mass is 9.75. The number of benzene rings is 1. The molecule has 0 unspecified atom stereocenters. The van der Waals surface area contributed by atoms with E-state index in [0.29, 0.717) is 17.9 Å². The molecule has 27 heavy (non-hydrogen) atoms. The number of hydrogen-bond donors (Lipinski definition) is 1. The third-order valence-corrected chi connectivity index (χ3v) is 6.38. The number of aromatic nitrogens is 2. The van der Waals surface area contributed by atoms with Crippen LogP contribution in [0.2, 0.25) is 0 Å². The van der Waals surface area contributed by atoms with Crippen molar-refractivity contribution in [2.24, 2.45) is 0 Å². The van der Waals surface area contributed by atoms with E-state index in [-0.39, 0.29) is 16.7 Å². The predicted octanol–water partition coefficient (Wildman–Crippen LogP) is 4.53. The van der Waals surface area contributed by atoms with Crippen molar-refractivity contribution in [2.45, 2.75) is 51.5 Å². The van der Waals surface area contributed by atoms with Gasteiger partial charge in [-0.05, 0) is 54.7 Å². The molecule has 4 nitrogen and oxygen atoms in total. The van der Waals surface area contributed by atoms with Gasteiger partial charge in [-0.25, -0.2) is 4.98 Å². The first-order valence-corrected chi connectivity index (χ1v) is 10.3. The number of rotatable bonds is 4. The molecule has 0 saturated heterocycles. The Balaban J connectivity index is 1.90. The maximum atomic E-state index is 13.5. The molecule has 1 aliphatic carbocycles. The number of nitrogens with zero attached hydrogens (tertiary/aromatic N) is 2. The Bertz CT molecular complexity index is 1020. The topological polar surface area (TPSA) is 55.1 Å². The summed E-state index contributed by atoms with van der Waals surface area (Å²) in [5, 5.41) is 12.4. The Morgan fingerprint density at radius 3 is 2.78 bits per heavy atom. The van der Waals surface area contributed by atoms with Crippen molar-refractivity contribution >= 4 is 11.3 Å². The summed E-state index contributed by atoms with van der Waals surface area (Å²) in [5.74, 6) is 0.732. The van der Waals surface area contributed by atoms with E-state index in [9.17, 15) is 9.90 Å². The molecule has 0 bridgehead atoms. The van der Waals surface area contributed by atoms with E-state index in [1.54, 1.807) is 28.0 Å². The van der Waals surface area contributed by atoms with Crippen molar-refractivity contribution < 1.29 is 5.11 Å². The van der Waals surface area contributed by atoms with Gasteiger partial charge in [-0.2, -0.15) is 0 Å². The Morgan fingerprint density at radius 2 is 2.04 bits per heavy atom. The number of aryl methyl sites for hydroxylation is 2. The fourth-order valence-corrected chi connectivity index (χ4v) is 4.73. The minimum absolute atomic E-state index is 0.0412. The van der Waals surface area contributed by atoms with Gasteiger partial charge < -0.3 is 5.11 Å². The highest BCUT2D eigenvalue weighted by Gasteiger charge is 2.33. The zero-order chi connectivity index (χ0) is 19.0. The molecule has 0 radical (unpaired) electrons. The molecule has 2 heterocycles. The number of phenolic OH excluding ortho intramolecular Hbond substituents is 1. The van der Waals surface area contributed by atoms with Crippen molar-refractivity contribution in [2.75, 3.05) is 0 Å². The molecular weight excluding hydrogens is 356 g/mol. The molecule has 4 rings (SSSR count). The van der Waals surface area contributed by atoms with Gasteiger partial charge in [0.1, 0.15) is 11.6 Å². The summed E-state index contributed by atoms with van der Waals surface area (Å²) in [4.78, 5) is 19.7. The van der Waals surface area contributed by atoms with Crippen molar-refractivity contribution in [3.05, 3.63) is 68.3 Å². The highest BCUT2D eigenvalue weighted by atomic mass is 32.1. The summed E-state index contributed by atoms with van der Waals surface area (Å²) in [5.41, 5.74) is 2.23. The Labute approximate surface area is 163 Å². The summed E-state index contributed by atoms with van der Waals surface area (Å²) in [6.07, 6.45) is 3.63. The molecule has 0 amide bonds. The van der Waals surface area contributed by atoms with E-state index in [4.69, 9.17) is 4.98 Å². The van der Waals surface area contributed by atoms with Crippen molar-refractivity contribution in [1.82, 2.24) is 9.55 Å². The van der Waals surface area contributed by atoms with Crippen LogP contribution < -0.4 is 5.56 Å². The van der Waals surface area contributed by atoms with E-state index < -0.39 is 0 Å². The second-order valence-electron chi connectivity index (χ2n) is 7.80. The van der Waals surface area contributed by atoms with Gasteiger partial charge in [0.25, 0.3) is 5.56 Å². The van der Waals surface area contributed by atoms with Gasteiger partial charge in [0.15, 0.2) is 0 Å². The highest BCUT2D eigenvalue weighted by molar-refractivity contribution is 7.09. The average Bonchev–Trinajstić information content (AvgIpc) is 3.14. The van der Waals surface area contributed by atoms with Gasteiger partial charge >= 0.3 is 0 Å². The van der Waals surface area contributed by atoms with Crippen LogP contribution in [0.1, 0.15) is 42.8 Å². The quantitative estimate of drug-likeness (QED) is 0.723. The first kappa shape index (κ1) is 18.0. The summed E-state index contributed by atoms with van der Waals surface area (Å²) in [6.45, 7) is 4.83. The maximum absolute atomic E-state index is 13.5. The van der Waals surface area contributed by atoms with Gasteiger partial charge in [-0.1, -0.05) is 32.0 Å². The van der Waals surface area contributed by atoms with Crippen LogP contribution in [0.4, 0.5) is 0 Å². The highest BCUT2D eigenvalue weighted by Crippen LogP contribution is 2.36. The van der Waals surface area contributed by atoms with Gasteiger partial charge in [-0.3, -0.25) is 9.36 Å². The van der Waals surface area contributed by atoms with Gasteiger partial charge in [0.2, 0.25) is 0 Å². The van der Waals surface area contributed by atoms with E-state index in [2.05, 4.69) is 25.3 Å². The van der Waals surface area contributed by atoms with Crippen LogP contribution in [0, 0.1) is 0 Å². The first-order chi connectivity index (χ1) is 13.0. The average molecular weight is 381 g/mol. The van der Waals surface area contributed by atoms with Crippen LogP contribution in [0.3, 0.4) is 0 Å². The molecule has 0 saturated carbocycles. The molecule has 2 aromatic heterocycles. The van der Waals surface area contributed by atoms with Gasteiger partial charge in [0.05, 0.1) is 11.3 Å². The lowest BCUT2D eigenvalue weighted by Crippen LogP contribution is -2.38. The zero-order valence-electron chi connectivity index (χ0n) is 15.7. The fraction of sp³-hybridized carbons (Fsp3) is 0.364. The molecule has 1 aromatic carbocycles. The van der Waals surface area contributed by atoms with E-state index in [1.807, 2.05) is 18.2 Å². The summed E-state index contributed by atoms with van der Waals surface area (Å²) >= 11 is 1.70. The van der Waals surface area contributed by atoms with Gasteiger partial charge in [0, 0.05) is 17.0 Å². The molecule has 0 spiro atoms. The zero-order valence-corrected chi connectivity index (χ0v) is 16.6. The van der Waals surface area contributed by atoms with Crippen molar-refractivity contribution in [3.8, 4) is 17.1 Å². The third kappa shape index (κ3) is 3.32. The van der Waals surface area contributed by atoms with Crippen molar-refractivity contribution in [1.29, 1.82) is 0 Å². The molecule has 5 heteroatoms. The van der Waals surface area contributed by atoms with Crippen LogP contribution >= 0.6 is 11.3 Å². The maximum Gasteiger partial charge on any atom is 0.257 e. The molecule has 1 N–H and O–H groups in total. The van der Waals surface area contributed by atoms with E-state index in [0.717, 1.165) is 36.9 Å². The molecule has 0 aliphatic heterocycles. The lowest BCUT2D eigenvalue weighted by molar-refractivity contribution is 0.413. The number of fused-ring (bicyclic) bond motifs is 1. The molecule has 3 aromatic rings. The Morgan fingerprint density at radius 1 is 1.22 bits per heavy atom.